The summed E-state index contributed by atoms with van der Waals surface area (Å²) in [7, 11) is -4.03. The molecule has 2 rings (SSSR count). The van der Waals surface area contributed by atoms with Gasteiger partial charge in [0.1, 0.15) is 17.6 Å². The average Bonchev–Trinajstić information content (AvgIpc) is 2.59. The van der Waals surface area contributed by atoms with Gasteiger partial charge in [0.25, 0.3) is 11.6 Å². The van der Waals surface area contributed by atoms with Crippen LogP contribution in [0.5, 0.6) is 11.5 Å². The zero-order valence-corrected chi connectivity index (χ0v) is 16.9. The number of carbonyl (C=O) groups is 1. The minimum absolute atomic E-state index is 0.231. The van der Waals surface area contributed by atoms with Crippen LogP contribution in [0.25, 0.3) is 0 Å². The number of nitro benzene ring substituents is 1. The summed E-state index contributed by atoms with van der Waals surface area (Å²) in [6.07, 6.45) is -2.89. The van der Waals surface area contributed by atoms with Gasteiger partial charge in [-0.3, -0.25) is 14.9 Å². The van der Waals surface area contributed by atoms with Gasteiger partial charge in [-0.1, -0.05) is 0 Å². The number of amides is 1. The molecule has 14 heteroatoms. The lowest BCUT2D eigenvalue weighted by Gasteiger charge is -2.15. The van der Waals surface area contributed by atoms with Crippen LogP contribution in [-0.2, 0) is 27.4 Å². The first-order valence-corrected chi connectivity index (χ1v) is 11.2. The summed E-state index contributed by atoms with van der Waals surface area (Å²) in [5.41, 5.74) is -2.44. The molecule has 0 aromatic heterocycles. The van der Waals surface area contributed by atoms with Crippen molar-refractivity contribution in [1.82, 2.24) is 4.72 Å². The number of hydrogen-bond acceptors (Lipinski definition) is 7. The third kappa shape index (κ3) is 5.84. The minimum Gasteiger partial charge on any atom is -0.612 e. The minimum atomic E-state index is -4.68. The number of halogens is 3. The van der Waals surface area contributed by atoms with E-state index >= 15 is 0 Å². The summed E-state index contributed by atoms with van der Waals surface area (Å²) in [5.74, 6) is -1.78. The van der Waals surface area contributed by atoms with Crippen molar-refractivity contribution in [3.8, 4) is 11.5 Å². The molecule has 2 aromatic carbocycles. The van der Waals surface area contributed by atoms with E-state index in [0.29, 0.717) is 18.4 Å². The Hall–Kier alpha value is -2.84. The Labute approximate surface area is 171 Å². The first-order chi connectivity index (χ1) is 13.7. The molecule has 0 aliphatic carbocycles. The first-order valence-electron chi connectivity index (χ1n) is 7.72. The largest absolute Gasteiger partial charge is 0.612 e. The van der Waals surface area contributed by atoms with Crippen molar-refractivity contribution in [3.63, 3.8) is 0 Å². The number of hydrogen-bond donors (Lipinski definition) is 1. The SMILES string of the molecule is C[S+]([O-])c1cc(C(F)(F)F)ccc1Oc1ccc([N+](=O)[O-])c(C(=O)NS(C)(=O)=O)c1. The summed E-state index contributed by atoms with van der Waals surface area (Å²) in [4.78, 5) is 22.0. The molecule has 0 heterocycles. The molecule has 162 valence electrons. The fraction of sp³-hybridized carbons (Fsp3) is 0.188. The number of benzene rings is 2. The van der Waals surface area contributed by atoms with Crippen LogP contribution in [0.4, 0.5) is 18.9 Å². The quantitative estimate of drug-likeness (QED) is 0.392. The molecule has 1 N–H and O–H groups in total. The molecule has 1 unspecified atom stereocenters. The Morgan fingerprint density at radius 3 is 2.33 bits per heavy atom. The van der Waals surface area contributed by atoms with E-state index in [1.54, 1.807) is 4.72 Å². The number of nitro groups is 1. The van der Waals surface area contributed by atoms with Crippen LogP contribution >= 0.6 is 0 Å². The molecule has 0 radical (unpaired) electrons. The molecule has 0 saturated carbocycles. The third-order valence-corrected chi connectivity index (χ3v) is 4.99. The van der Waals surface area contributed by atoms with Gasteiger partial charge in [0.2, 0.25) is 10.0 Å². The fourth-order valence-electron chi connectivity index (χ4n) is 2.26. The van der Waals surface area contributed by atoms with E-state index in [2.05, 4.69) is 0 Å². The molecule has 1 atom stereocenters. The van der Waals surface area contributed by atoms with Crippen LogP contribution in [0.15, 0.2) is 41.3 Å². The zero-order chi connectivity index (χ0) is 22.9. The molecule has 0 fully saturated rings. The van der Waals surface area contributed by atoms with Crippen molar-refractivity contribution in [2.75, 3.05) is 12.5 Å². The predicted octanol–water partition coefficient (Wildman–Crippen LogP) is 2.83. The maximum atomic E-state index is 12.9. The van der Waals surface area contributed by atoms with Gasteiger partial charge in [0.05, 0.1) is 16.7 Å². The molecule has 1 amide bonds. The monoisotopic (exact) mass is 466 g/mol. The Morgan fingerprint density at radius 2 is 1.83 bits per heavy atom. The molecule has 9 nitrogen and oxygen atoms in total. The summed E-state index contributed by atoms with van der Waals surface area (Å²) in [6.45, 7) is 0. The highest BCUT2D eigenvalue weighted by Gasteiger charge is 2.33. The number of sulfonamides is 1. The molecular formula is C16H13F3N2O7S2. The first kappa shape index (κ1) is 23.4. The van der Waals surface area contributed by atoms with Gasteiger partial charge in [-0.25, -0.2) is 13.1 Å². The maximum absolute atomic E-state index is 12.9. The van der Waals surface area contributed by atoms with Gasteiger partial charge in [0, 0.05) is 18.2 Å². The smallest absolute Gasteiger partial charge is 0.416 e. The molecule has 2 aromatic rings. The van der Waals surface area contributed by atoms with E-state index in [1.807, 2.05) is 0 Å². The highest BCUT2D eigenvalue weighted by atomic mass is 32.2. The molecular weight excluding hydrogens is 453 g/mol. The van der Waals surface area contributed by atoms with Gasteiger partial charge < -0.3 is 9.29 Å². The van der Waals surface area contributed by atoms with Crippen molar-refractivity contribution >= 4 is 32.8 Å². The van der Waals surface area contributed by atoms with Crippen LogP contribution in [0.3, 0.4) is 0 Å². The average molecular weight is 466 g/mol. The molecule has 30 heavy (non-hydrogen) atoms. The second-order valence-electron chi connectivity index (χ2n) is 5.85. The third-order valence-electron chi connectivity index (χ3n) is 3.50. The van der Waals surface area contributed by atoms with E-state index in [-0.39, 0.29) is 16.4 Å². The Bertz CT molecular complexity index is 1100. The second kappa shape index (κ2) is 8.49. The lowest BCUT2D eigenvalue weighted by molar-refractivity contribution is -0.385. The summed E-state index contributed by atoms with van der Waals surface area (Å²) < 4.78 is 80.0. The van der Waals surface area contributed by atoms with Crippen molar-refractivity contribution in [3.05, 3.63) is 57.6 Å². The van der Waals surface area contributed by atoms with Crippen LogP contribution in [0.1, 0.15) is 15.9 Å². The molecule has 0 bridgehead atoms. The van der Waals surface area contributed by atoms with Crippen LogP contribution in [0.2, 0.25) is 0 Å². The van der Waals surface area contributed by atoms with E-state index in [4.69, 9.17) is 4.74 Å². The van der Waals surface area contributed by atoms with Crippen molar-refractivity contribution < 1.29 is 40.6 Å². The molecule has 0 aliphatic heterocycles. The van der Waals surface area contributed by atoms with E-state index in [1.165, 1.54) is 0 Å². The van der Waals surface area contributed by atoms with Gasteiger partial charge in [-0.2, -0.15) is 13.2 Å². The second-order valence-corrected chi connectivity index (χ2v) is 8.95. The lowest BCUT2D eigenvalue weighted by Crippen LogP contribution is -2.29. The highest BCUT2D eigenvalue weighted by molar-refractivity contribution is 7.90. The predicted molar refractivity (Wildman–Crippen MR) is 99.3 cm³/mol. The van der Waals surface area contributed by atoms with Crippen LogP contribution in [-0.4, -0.2) is 36.3 Å². The summed E-state index contributed by atoms with van der Waals surface area (Å²) >= 11 is -1.89. The van der Waals surface area contributed by atoms with Gasteiger partial charge >= 0.3 is 6.18 Å². The van der Waals surface area contributed by atoms with Crippen molar-refractivity contribution in [1.29, 1.82) is 0 Å². The lowest BCUT2D eigenvalue weighted by atomic mass is 10.1. The molecule has 0 saturated heterocycles. The standard InChI is InChI=1S/C16H13F3N2O7S2/c1-29(25)14-7-9(16(17,18)19)3-6-13(14)28-10-4-5-12(21(23)24)11(8-10)15(22)20-30(2,26)27/h3-8H,1-2H3,(H,20,22). The summed E-state index contributed by atoms with van der Waals surface area (Å²) in [6, 6.07) is 4.99. The Morgan fingerprint density at radius 1 is 1.20 bits per heavy atom. The topological polar surface area (TPSA) is 139 Å². The van der Waals surface area contributed by atoms with Crippen molar-refractivity contribution in [2.45, 2.75) is 11.1 Å². The number of nitrogens with zero attached hydrogens (tertiary/aromatic N) is 1. The number of ether oxygens (including phenoxy) is 1. The molecule has 0 aliphatic rings. The number of nitrogens with one attached hydrogen (secondary N) is 1. The Balaban J connectivity index is 2.50. The van der Waals surface area contributed by atoms with Crippen LogP contribution < -0.4 is 9.46 Å². The molecule has 0 spiro atoms. The van der Waals surface area contributed by atoms with Gasteiger partial charge in [-0.05, 0) is 29.4 Å². The van der Waals surface area contributed by atoms with Gasteiger partial charge in [0.15, 0.2) is 10.6 Å². The zero-order valence-electron chi connectivity index (χ0n) is 15.2. The number of rotatable bonds is 6. The highest BCUT2D eigenvalue weighted by Crippen LogP contribution is 2.37. The summed E-state index contributed by atoms with van der Waals surface area (Å²) in [5, 5.41) is 11.1. The normalized spacial score (nSPS) is 12.9. The fourth-order valence-corrected chi connectivity index (χ4v) is 3.40. The van der Waals surface area contributed by atoms with E-state index in [0.717, 1.165) is 30.5 Å². The van der Waals surface area contributed by atoms with E-state index in [9.17, 15) is 41.1 Å². The van der Waals surface area contributed by atoms with Crippen molar-refractivity contribution in [2.24, 2.45) is 0 Å². The van der Waals surface area contributed by atoms with E-state index < -0.39 is 55.0 Å². The maximum Gasteiger partial charge on any atom is 0.416 e. The number of alkyl halides is 3. The van der Waals surface area contributed by atoms with Gasteiger partial charge in [-0.15, -0.1) is 0 Å². The van der Waals surface area contributed by atoms with Crippen LogP contribution in [0, 0.1) is 10.1 Å². The number of carbonyl (C=O) groups excluding carboxylic acids is 1. The Kier molecular flexibility index (Phi) is 6.63.